The summed E-state index contributed by atoms with van der Waals surface area (Å²) in [5.41, 5.74) is 0.00834. The van der Waals surface area contributed by atoms with Gasteiger partial charge in [-0.2, -0.15) is 15.8 Å². The van der Waals surface area contributed by atoms with Gasteiger partial charge in [0.05, 0.1) is 5.57 Å². The normalized spacial score (nSPS) is 13.4. The molecule has 1 saturated heterocycles. The van der Waals surface area contributed by atoms with Gasteiger partial charge in [0.2, 0.25) is 0 Å². The lowest BCUT2D eigenvalue weighted by molar-refractivity contribution is 1.12. The van der Waals surface area contributed by atoms with E-state index in [9.17, 15) is 5.26 Å². The summed E-state index contributed by atoms with van der Waals surface area (Å²) >= 11 is 6.97. The fourth-order valence-electron chi connectivity index (χ4n) is 2.18. The zero-order valence-electron chi connectivity index (χ0n) is 13.0. The van der Waals surface area contributed by atoms with Crippen molar-refractivity contribution in [3.05, 3.63) is 43.8 Å². The molecule has 122 valence electrons. The summed E-state index contributed by atoms with van der Waals surface area (Å²) in [6.45, 7) is 0. The first-order valence-electron chi connectivity index (χ1n) is 7.37. The Morgan fingerprint density at radius 2 is 1.56 bits per heavy atom. The average molecular weight is 398 g/mol. The van der Waals surface area contributed by atoms with Crippen LogP contribution < -0.4 is 0 Å². The summed E-state index contributed by atoms with van der Waals surface area (Å²) in [6, 6.07) is 13.5. The first-order valence-corrected chi connectivity index (χ1v) is 11.0. The Morgan fingerprint density at radius 1 is 0.880 bits per heavy atom. The highest BCUT2D eigenvalue weighted by Gasteiger charge is 2.13. The quantitative estimate of drug-likeness (QED) is 0.597. The number of rotatable bonds is 3. The van der Waals surface area contributed by atoms with E-state index < -0.39 is 0 Å². The van der Waals surface area contributed by atoms with Crippen molar-refractivity contribution in [2.24, 2.45) is 0 Å². The van der Waals surface area contributed by atoms with Crippen molar-refractivity contribution < 1.29 is 0 Å². The predicted octanol–water partition coefficient (Wildman–Crippen LogP) is 5.97. The maximum atomic E-state index is 9.27. The number of hydrogen-bond donors (Lipinski definition) is 0. The molecule has 0 atom stereocenters. The second kappa shape index (κ2) is 8.43. The second-order valence-corrected chi connectivity index (χ2v) is 9.70. The van der Waals surface area contributed by atoms with Crippen molar-refractivity contribution in [3.63, 3.8) is 0 Å². The molecule has 0 spiro atoms. The number of allylic oxidation sites excluding steroid dienone is 2. The lowest BCUT2D eigenvalue weighted by Crippen LogP contribution is -1.90. The molecule has 2 aromatic heterocycles. The summed E-state index contributed by atoms with van der Waals surface area (Å²) in [5, 5.41) is 27.2. The summed E-state index contributed by atoms with van der Waals surface area (Å²) in [5.74, 6) is 2.38. The van der Waals surface area contributed by atoms with Crippen LogP contribution in [0, 0.1) is 34.0 Å². The van der Waals surface area contributed by atoms with E-state index in [2.05, 4.69) is 18.2 Å². The maximum Gasteiger partial charge on any atom is 0.148 e. The third kappa shape index (κ3) is 4.18. The lowest BCUT2D eigenvalue weighted by atomic mass is 10.1. The fourth-order valence-corrected chi connectivity index (χ4v) is 6.80. The van der Waals surface area contributed by atoms with E-state index in [1.807, 2.05) is 35.7 Å². The Morgan fingerprint density at radius 3 is 2.24 bits per heavy atom. The molecular formula is C18H11N3S4. The minimum absolute atomic E-state index is 0.140. The average Bonchev–Trinajstić information content (AvgIpc) is 3.30. The molecule has 0 unspecified atom stereocenters. The summed E-state index contributed by atoms with van der Waals surface area (Å²) in [7, 11) is 0. The Kier molecular flexibility index (Phi) is 6.02. The number of thiophene rings is 2. The van der Waals surface area contributed by atoms with Gasteiger partial charge >= 0.3 is 0 Å². The van der Waals surface area contributed by atoms with Gasteiger partial charge < -0.3 is 0 Å². The molecule has 3 nitrogen and oxygen atoms in total. The Hall–Kier alpha value is -1.95. The molecule has 0 aliphatic carbocycles. The fraction of sp³-hybridized carbons (Fsp3) is 0.167. The largest absolute Gasteiger partial charge is 0.192 e. The van der Waals surface area contributed by atoms with Crippen LogP contribution in [-0.4, -0.2) is 11.5 Å². The maximum absolute atomic E-state index is 9.27. The van der Waals surface area contributed by atoms with E-state index >= 15 is 0 Å². The van der Waals surface area contributed by atoms with Gasteiger partial charge in [-0.1, -0.05) is 0 Å². The lowest BCUT2D eigenvalue weighted by Gasteiger charge is -2.11. The minimum atomic E-state index is -0.140. The van der Waals surface area contributed by atoms with Crippen LogP contribution in [0.15, 0.2) is 34.1 Å². The second-order valence-electron chi connectivity index (χ2n) is 4.97. The standard InChI is InChI=1S/C18H11N3S4/c19-9-12(10-20)14(11-21)15-4-5-17(25-15)16-3-2-13(24-16)8-18-22-6-1-7-23-18/h2-5,8H,1,6-7H2. The van der Waals surface area contributed by atoms with Crippen LogP contribution in [0.4, 0.5) is 0 Å². The van der Waals surface area contributed by atoms with Crippen molar-refractivity contribution in [1.82, 2.24) is 0 Å². The predicted molar refractivity (Wildman–Crippen MR) is 109 cm³/mol. The number of nitrogens with zero attached hydrogens (tertiary/aromatic N) is 3. The Balaban J connectivity index is 1.87. The van der Waals surface area contributed by atoms with Gasteiger partial charge in [0.25, 0.3) is 0 Å². The molecule has 1 aliphatic rings. The zero-order valence-corrected chi connectivity index (χ0v) is 16.2. The van der Waals surface area contributed by atoms with Crippen molar-refractivity contribution in [3.8, 4) is 28.0 Å². The van der Waals surface area contributed by atoms with Gasteiger partial charge in [0.1, 0.15) is 23.8 Å². The summed E-state index contributed by atoms with van der Waals surface area (Å²) in [4.78, 5) is 4.04. The number of nitriles is 3. The molecule has 2 aromatic rings. The molecule has 3 rings (SSSR count). The molecule has 0 amide bonds. The van der Waals surface area contributed by atoms with E-state index in [1.54, 1.807) is 29.5 Å². The topological polar surface area (TPSA) is 71.4 Å². The number of hydrogen-bond acceptors (Lipinski definition) is 7. The van der Waals surface area contributed by atoms with Gasteiger partial charge in [-0.3, -0.25) is 0 Å². The molecule has 0 N–H and O–H groups in total. The van der Waals surface area contributed by atoms with E-state index in [0.29, 0.717) is 4.88 Å². The van der Waals surface area contributed by atoms with E-state index in [0.717, 1.165) is 9.75 Å². The monoisotopic (exact) mass is 397 g/mol. The minimum Gasteiger partial charge on any atom is -0.192 e. The summed E-state index contributed by atoms with van der Waals surface area (Å²) in [6.07, 6.45) is 3.50. The molecule has 0 radical (unpaired) electrons. The number of thioether (sulfide) groups is 2. The SMILES string of the molecule is N#CC(C#N)=C(C#N)c1ccc(-c2ccc(C=C3SCCCS3)s2)s1. The molecule has 25 heavy (non-hydrogen) atoms. The van der Waals surface area contributed by atoms with Gasteiger partial charge in [0.15, 0.2) is 0 Å². The smallest absolute Gasteiger partial charge is 0.148 e. The molecule has 1 fully saturated rings. The van der Waals surface area contributed by atoms with Gasteiger partial charge in [-0.15, -0.1) is 46.2 Å². The van der Waals surface area contributed by atoms with Crippen LogP contribution in [0.1, 0.15) is 16.2 Å². The molecule has 0 bridgehead atoms. The Bertz CT molecular complexity index is 949. The highest BCUT2D eigenvalue weighted by Crippen LogP contribution is 2.40. The highest BCUT2D eigenvalue weighted by molar-refractivity contribution is 8.23. The van der Waals surface area contributed by atoms with Crippen LogP contribution >= 0.6 is 46.2 Å². The van der Waals surface area contributed by atoms with Crippen LogP contribution in [0.25, 0.3) is 21.4 Å². The third-order valence-corrected chi connectivity index (χ3v) is 8.17. The van der Waals surface area contributed by atoms with Crippen LogP contribution in [0.5, 0.6) is 0 Å². The molecule has 0 saturated carbocycles. The van der Waals surface area contributed by atoms with Crippen LogP contribution in [-0.2, 0) is 0 Å². The highest BCUT2D eigenvalue weighted by atomic mass is 32.2. The molecule has 3 heterocycles. The molecular weight excluding hydrogens is 386 g/mol. The molecule has 7 heteroatoms. The van der Waals surface area contributed by atoms with Crippen molar-refractivity contribution in [2.45, 2.75) is 6.42 Å². The first-order chi connectivity index (χ1) is 12.2. The van der Waals surface area contributed by atoms with Crippen LogP contribution in [0.3, 0.4) is 0 Å². The van der Waals surface area contributed by atoms with Crippen molar-refractivity contribution in [2.75, 3.05) is 11.5 Å². The van der Waals surface area contributed by atoms with E-state index in [4.69, 9.17) is 10.5 Å². The van der Waals surface area contributed by atoms with Crippen molar-refractivity contribution in [1.29, 1.82) is 15.8 Å². The van der Waals surface area contributed by atoms with E-state index in [-0.39, 0.29) is 11.1 Å². The first kappa shape index (κ1) is 17.9. The van der Waals surface area contributed by atoms with Crippen LogP contribution in [0.2, 0.25) is 0 Å². The summed E-state index contributed by atoms with van der Waals surface area (Å²) < 4.78 is 1.37. The van der Waals surface area contributed by atoms with Crippen molar-refractivity contribution >= 4 is 57.8 Å². The van der Waals surface area contributed by atoms with Gasteiger partial charge in [-0.25, -0.2) is 0 Å². The molecule has 1 aliphatic heterocycles. The zero-order chi connectivity index (χ0) is 17.6. The van der Waals surface area contributed by atoms with Gasteiger partial charge in [-0.05, 0) is 48.3 Å². The third-order valence-electron chi connectivity index (χ3n) is 3.34. The molecule has 0 aromatic carbocycles. The Labute approximate surface area is 162 Å². The van der Waals surface area contributed by atoms with Gasteiger partial charge in [0, 0.05) is 23.7 Å². The van der Waals surface area contributed by atoms with E-state index in [1.165, 1.54) is 38.4 Å².